The molecule has 6 heteroatoms. The quantitative estimate of drug-likeness (QED) is 0.687. The van der Waals surface area contributed by atoms with E-state index in [4.69, 9.17) is 4.74 Å². The average Bonchev–Trinajstić information content (AvgIpc) is 2.90. The monoisotopic (exact) mass is 342 g/mol. The largest absolute Gasteiger partial charge is 0.444 e. The molecule has 2 aliphatic heterocycles. The Morgan fingerprint density at radius 3 is 2.85 bits per heavy atom. The van der Waals surface area contributed by atoms with Crippen LogP contribution in [0.4, 0.5) is 4.79 Å². The summed E-state index contributed by atoms with van der Waals surface area (Å²) in [4.78, 5) is 13.8. The van der Waals surface area contributed by atoms with Gasteiger partial charge < -0.3 is 9.64 Å². The molecule has 2 heterocycles. The second-order valence-electron chi connectivity index (χ2n) is 6.15. The summed E-state index contributed by atoms with van der Waals surface area (Å²) < 4.78 is 8.26. The maximum Gasteiger partial charge on any atom is 0.410 e. The minimum atomic E-state index is -0.442. The van der Waals surface area contributed by atoms with Crippen molar-refractivity contribution in [1.82, 2.24) is 4.90 Å². The molecule has 0 N–H and O–H groups in total. The van der Waals surface area contributed by atoms with Gasteiger partial charge in [0.2, 0.25) is 5.70 Å². The molecule has 110 valence electrons. The van der Waals surface area contributed by atoms with Gasteiger partial charge in [0.1, 0.15) is 16.3 Å². The van der Waals surface area contributed by atoms with Gasteiger partial charge in [-0.15, -0.1) is 0 Å². The van der Waals surface area contributed by atoms with Crippen LogP contribution in [0.5, 0.6) is 0 Å². The Kier molecular flexibility index (Phi) is 4.32. The van der Waals surface area contributed by atoms with E-state index in [9.17, 15) is 4.79 Å². The molecule has 0 aromatic heterocycles. The number of hydrazone groups is 1. The van der Waals surface area contributed by atoms with Crippen LogP contribution >= 0.6 is 15.9 Å². The summed E-state index contributed by atoms with van der Waals surface area (Å²) >= 11 is 3.45. The molecule has 1 saturated heterocycles. The maximum absolute atomic E-state index is 12.0. The van der Waals surface area contributed by atoms with Crippen molar-refractivity contribution in [2.24, 2.45) is 11.0 Å². The Labute approximate surface area is 128 Å². The summed E-state index contributed by atoms with van der Waals surface area (Å²) in [6, 6.07) is 0. The van der Waals surface area contributed by atoms with Crippen molar-refractivity contribution < 1.29 is 14.2 Å². The highest BCUT2D eigenvalue weighted by Gasteiger charge is 2.32. The molecule has 0 aromatic carbocycles. The number of carbonyl (C=O) groups is 1. The Morgan fingerprint density at radius 1 is 1.60 bits per heavy atom. The van der Waals surface area contributed by atoms with Crippen molar-refractivity contribution in [1.29, 1.82) is 0 Å². The van der Waals surface area contributed by atoms with Crippen LogP contribution in [0.1, 0.15) is 34.1 Å². The molecule has 5 nitrogen and oxygen atoms in total. The normalized spacial score (nSPS) is 24.9. The van der Waals surface area contributed by atoms with E-state index < -0.39 is 5.60 Å². The summed E-state index contributed by atoms with van der Waals surface area (Å²) in [6.45, 7) is 9.08. The predicted octanol–water partition coefficient (Wildman–Crippen LogP) is 2.95. The van der Waals surface area contributed by atoms with Gasteiger partial charge in [0, 0.05) is 20.0 Å². The molecule has 0 radical (unpaired) electrons. The summed E-state index contributed by atoms with van der Waals surface area (Å²) in [5.74, 6) is 0.313. The fourth-order valence-electron chi connectivity index (χ4n) is 2.15. The zero-order valence-corrected chi connectivity index (χ0v) is 14.0. The van der Waals surface area contributed by atoms with Crippen LogP contribution in [0.2, 0.25) is 0 Å². The highest BCUT2D eigenvalue weighted by Crippen LogP contribution is 2.21. The number of hydrogen-bond donors (Lipinski definition) is 0. The number of halogens is 1. The second-order valence-corrected chi connectivity index (χ2v) is 7.00. The third kappa shape index (κ3) is 3.69. The molecule has 2 rings (SSSR count). The van der Waals surface area contributed by atoms with Gasteiger partial charge >= 0.3 is 6.09 Å². The van der Waals surface area contributed by atoms with Crippen molar-refractivity contribution in [3.8, 4) is 0 Å². The molecule has 0 saturated carbocycles. The molecule has 1 fully saturated rings. The Bertz CT molecular complexity index is 503. The molecule has 0 aliphatic carbocycles. The van der Waals surface area contributed by atoms with Crippen molar-refractivity contribution in [3.63, 3.8) is 0 Å². The maximum atomic E-state index is 12.0. The van der Waals surface area contributed by atoms with Crippen molar-refractivity contribution in [2.75, 3.05) is 13.1 Å². The van der Waals surface area contributed by atoms with Crippen molar-refractivity contribution in [3.05, 3.63) is 10.2 Å². The minimum absolute atomic E-state index is 0.230. The summed E-state index contributed by atoms with van der Waals surface area (Å²) in [5.41, 5.74) is 0.628. The van der Waals surface area contributed by atoms with Crippen LogP contribution in [-0.4, -0.2) is 46.8 Å². The fourth-order valence-corrected chi connectivity index (χ4v) is 2.43. The predicted molar refractivity (Wildman–Crippen MR) is 82.4 cm³/mol. The van der Waals surface area contributed by atoms with Crippen LogP contribution < -0.4 is 0 Å². The Morgan fingerprint density at radius 2 is 2.30 bits per heavy atom. The lowest BCUT2D eigenvalue weighted by Crippen LogP contribution is -2.35. The Balaban J connectivity index is 1.95. The van der Waals surface area contributed by atoms with Crippen LogP contribution in [0.25, 0.3) is 0 Å². The SMILES string of the molecule is CC1=C(Br)C=N/[N+]1=C/C1CCN(C(=O)OC(C)(C)C)C1. The number of nitrogens with zero attached hydrogens (tertiary/aromatic N) is 3. The zero-order chi connectivity index (χ0) is 14.9. The second kappa shape index (κ2) is 5.68. The Hall–Kier alpha value is -1.17. The molecule has 0 spiro atoms. The number of rotatable bonds is 1. The number of amides is 1. The first-order valence-corrected chi connectivity index (χ1v) is 7.58. The zero-order valence-electron chi connectivity index (χ0n) is 12.4. The van der Waals surface area contributed by atoms with E-state index in [1.54, 1.807) is 11.1 Å². The van der Waals surface area contributed by atoms with Gasteiger partial charge in [0.25, 0.3) is 0 Å². The summed E-state index contributed by atoms with van der Waals surface area (Å²) in [6.07, 6.45) is 4.57. The minimum Gasteiger partial charge on any atom is -0.444 e. The van der Waals surface area contributed by atoms with Crippen molar-refractivity contribution in [2.45, 2.75) is 39.7 Å². The lowest BCUT2D eigenvalue weighted by atomic mass is 10.1. The van der Waals surface area contributed by atoms with Gasteiger partial charge in [-0.05, 0) is 48.2 Å². The number of allylic oxidation sites excluding steroid dienone is 2. The third-order valence-corrected chi connectivity index (χ3v) is 3.99. The lowest BCUT2D eigenvalue weighted by Gasteiger charge is -2.24. The van der Waals surface area contributed by atoms with Gasteiger partial charge in [-0.2, -0.15) is 0 Å². The van der Waals surface area contributed by atoms with E-state index in [1.807, 2.05) is 32.4 Å². The van der Waals surface area contributed by atoms with Gasteiger partial charge in [0.15, 0.2) is 6.21 Å². The number of carbonyl (C=O) groups excluding carboxylic acids is 1. The van der Waals surface area contributed by atoms with Crippen LogP contribution in [0.3, 0.4) is 0 Å². The number of likely N-dealkylation sites (tertiary alicyclic amines) is 1. The van der Waals surface area contributed by atoms with Crippen molar-refractivity contribution >= 4 is 34.5 Å². The molecule has 0 aromatic rings. The van der Waals surface area contributed by atoms with Gasteiger partial charge in [0.05, 0.1) is 5.92 Å². The topological polar surface area (TPSA) is 44.9 Å². The number of ether oxygens (including phenoxy) is 1. The van der Waals surface area contributed by atoms with Crippen LogP contribution in [-0.2, 0) is 4.74 Å². The highest BCUT2D eigenvalue weighted by atomic mass is 79.9. The molecule has 1 atom stereocenters. The van der Waals surface area contributed by atoms with E-state index in [0.29, 0.717) is 12.5 Å². The van der Waals surface area contributed by atoms with E-state index in [2.05, 4.69) is 27.2 Å². The van der Waals surface area contributed by atoms with Crippen LogP contribution in [0.15, 0.2) is 15.3 Å². The first kappa shape index (κ1) is 15.2. The molecule has 20 heavy (non-hydrogen) atoms. The molecule has 1 unspecified atom stereocenters. The van der Waals surface area contributed by atoms with E-state index in [0.717, 1.165) is 23.1 Å². The summed E-state index contributed by atoms with van der Waals surface area (Å²) in [5, 5.41) is 4.29. The van der Waals surface area contributed by atoms with Gasteiger partial charge in [-0.25, -0.2) is 4.79 Å². The molecular weight excluding hydrogens is 322 g/mol. The van der Waals surface area contributed by atoms with Gasteiger partial charge in [-0.1, -0.05) is 4.68 Å². The van der Waals surface area contributed by atoms with E-state index in [-0.39, 0.29) is 6.09 Å². The molecule has 2 aliphatic rings. The van der Waals surface area contributed by atoms with E-state index >= 15 is 0 Å². The lowest BCUT2D eigenvalue weighted by molar-refractivity contribution is -0.474. The smallest absolute Gasteiger partial charge is 0.410 e. The van der Waals surface area contributed by atoms with E-state index in [1.165, 1.54) is 0 Å². The molecule has 1 amide bonds. The average molecular weight is 343 g/mol. The van der Waals surface area contributed by atoms with Gasteiger partial charge in [-0.3, -0.25) is 0 Å². The number of hydrogen-bond acceptors (Lipinski definition) is 3. The summed E-state index contributed by atoms with van der Waals surface area (Å²) in [7, 11) is 0. The molecule has 0 bridgehead atoms. The highest BCUT2D eigenvalue weighted by molar-refractivity contribution is 9.12. The first-order valence-electron chi connectivity index (χ1n) is 6.79. The van der Waals surface area contributed by atoms with Crippen LogP contribution in [0, 0.1) is 5.92 Å². The molecular formula is C14H21BrN3O2+. The first-order chi connectivity index (χ1) is 9.26. The standard InChI is InChI=1S/C14H21BrN3O2/c1-10-12(15)7-16-18(10)9-11-5-6-17(8-11)13(19)20-14(2,3)4/h7,9,11H,5-6,8H2,1-4H3/q+1/b18-9+. The third-order valence-electron chi connectivity index (χ3n) is 3.21. The fraction of sp³-hybridized carbons (Fsp3) is 0.643.